The lowest BCUT2D eigenvalue weighted by Gasteiger charge is -2.46. The number of aryl methyl sites for hydroxylation is 1. The maximum atomic E-state index is 3.74. The third-order valence-electron chi connectivity index (χ3n) is 5.55. The predicted octanol–water partition coefficient (Wildman–Crippen LogP) is 3.99. The zero-order valence-electron chi connectivity index (χ0n) is 13.4. The summed E-state index contributed by atoms with van der Waals surface area (Å²) in [6.45, 7) is 10.5. The van der Waals surface area contributed by atoms with Crippen LogP contribution in [0.2, 0.25) is 0 Å². The van der Waals surface area contributed by atoms with Crippen molar-refractivity contribution in [2.24, 2.45) is 5.41 Å². The highest BCUT2D eigenvalue weighted by atomic mass is 79.9. The molecule has 2 aliphatic rings. The van der Waals surface area contributed by atoms with E-state index in [4.69, 9.17) is 0 Å². The van der Waals surface area contributed by atoms with Crippen LogP contribution in [0.3, 0.4) is 0 Å². The van der Waals surface area contributed by atoms with Gasteiger partial charge < -0.3 is 4.90 Å². The molecule has 0 amide bonds. The van der Waals surface area contributed by atoms with Gasteiger partial charge in [-0.1, -0.05) is 34.5 Å². The fraction of sp³-hybridized carbons (Fsp3) is 0.667. The van der Waals surface area contributed by atoms with E-state index in [9.17, 15) is 0 Å². The molecule has 1 aromatic carbocycles. The first kappa shape index (κ1) is 15.4. The zero-order chi connectivity index (χ0) is 14.9. The molecule has 0 bridgehead atoms. The number of halogens is 1. The van der Waals surface area contributed by atoms with E-state index >= 15 is 0 Å². The molecule has 3 heteroatoms. The number of piperazine rings is 1. The monoisotopic (exact) mass is 350 g/mol. The van der Waals surface area contributed by atoms with E-state index in [0.717, 1.165) is 0 Å². The predicted molar refractivity (Wildman–Crippen MR) is 94.6 cm³/mol. The minimum Gasteiger partial charge on any atom is -0.369 e. The van der Waals surface area contributed by atoms with Gasteiger partial charge >= 0.3 is 0 Å². The van der Waals surface area contributed by atoms with Gasteiger partial charge in [0.2, 0.25) is 0 Å². The van der Waals surface area contributed by atoms with Crippen molar-refractivity contribution in [2.75, 3.05) is 43.0 Å². The Balaban J connectivity index is 1.59. The molecule has 2 nitrogen and oxygen atoms in total. The second kappa shape index (κ2) is 6.29. The number of alkyl halides is 1. The minimum atomic E-state index is 0.585. The smallest absolute Gasteiger partial charge is 0.0399 e. The Kier molecular flexibility index (Phi) is 4.60. The van der Waals surface area contributed by atoms with Gasteiger partial charge in [-0.15, -0.1) is 0 Å². The van der Waals surface area contributed by atoms with Crippen LogP contribution < -0.4 is 4.90 Å². The standard InChI is InChI=1S/C18H27BrN2/c1-15-5-3-6-17(16(15)2)21-11-9-20(10-12-21)14-18(13-19)7-4-8-18/h3,5-6H,4,7-14H2,1-2H3. The molecule has 1 heterocycles. The van der Waals surface area contributed by atoms with Crippen LogP contribution in [0.15, 0.2) is 18.2 Å². The molecule has 21 heavy (non-hydrogen) atoms. The molecular formula is C18H27BrN2. The third kappa shape index (κ3) is 3.14. The average molecular weight is 351 g/mol. The van der Waals surface area contributed by atoms with Crippen LogP contribution in [-0.4, -0.2) is 43.0 Å². The van der Waals surface area contributed by atoms with Crippen LogP contribution in [0.1, 0.15) is 30.4 Å². The van der Waals surface area contributed by atoms with Crippen molar-refractivity contribution in [3.63, 3.8) is 0 Å². The van der Waals surface area contributed by atoms with E-state index in [0.29, 0.717) is 5.41 Å². The number of anilines is 1. The van der Waals surface area contributed by atoms with Crippen molar-refractivity contribution < 1.29 is 0 Å². The van der Waals surface area contributed by atoms with Crippen molar-refractivity contribution in [3.8, 4) is 0 Å². The Labute approximate surface area is 137 Å². The van der Waals surface area contributed by atoms with Crippen LogP contribution in [-0.2, 0) is 0 Å². The van der Waals surface area contributed by atoms with E-state index < -0.39 is 0 Å². The molecule has 1 saturated carbocycles. The van der Waals surface area contributed by atoms with Crippen molar-refractivity contribution in [2.45, 2.75) is 33.1 Å². The van der Waals surface area contributed by atoms with Gasteiger partial charge in [-0.05, 0) is 49.3 Å². The quantitative estimate of drug-likeness (QED) is 0.757. The molecule has 0 N–H and O–H groups in total. The lowest BCUT2D eigenvalue weighted by Crippen LogP contribution is -2.52. The number of hydrogen-bond donors (Lipinski definition) is 0. The first-order chi connectivity index (χ1) is 10.1. The highest BCUT2D eigenvalue weighted by Gasteiger charge is 2.37. The highest BCUT2D eigenvalue weighted by molar-refractivity contribution is 9.09. The van der Waals surface area contributed by atoms with Crippen LogP contribution in [0.4, 0.5) is 5.69 Å². The molecule has 1 aliphatic heterocycles. The summed E-state index contributed by atoms with van der Waals surface area (Å²) >= 11 is 3.74. The van der Waals surface area contributed by atoms with Crippen LogP contribution in [0.25, 0.3) is 0 Å². The van der Waals surface area contributed by atoms with Gasteiger partial charge in [-0.3, -0.25) is 4.90 Å². The normalized spacial score (nSPS) is 22.1. The Morgan fingerprint density at radius 2 is 1.81 bits per heavy atom. The van der Waals surface area contributed by atoms with Gasteiger partial charge in [0.1, 0.15) is 0 Å². The number of nitrogens with zero attached hydrogens (tertiary/aromatic N) is 2. The molecule has 3 rings (SSSR count). The van der Waals surface area contributed by atoms with Crippen LogP contribution >= 0.6 is 15.9 Å². The van der Waals surface area contributed by atoms with Crippen LogP contribution in [0, 0.1) is 19.3 Å². The number of rotatable bonds is 4. The van der Waals surface area contributed by atoms with Crippen LogP contribution in [0.5, 0.6) is 0 Å². The lowest BCUT2D eigenvalue weighted by molar-refractivity contribution is 0.0876. The Morgan fingerprint density at radius 3 is 2.38 bits per heavy atom. The second-order valence-electron chi connectivity index (χ2n) is 6.97. The molecule has 1 aliphatic carbocycles. The summed E-state index contributed by atoms with van der Waals surface area (Å²) in [6, 6.07) is 6.69. The first-order valence-corrected chi connectivity index (χ1v) is 9.35. The Morgan fingerprint density at radius 1 is 1.10 bits per heavy atom. The summed E-state index contributed by atoms with van der Waals surface area (Å²) in [5.74, 6) is 0. The molecular weight excluding hydrogens is 324 g/mol. The second-order valence-corrected chi connectivity index (χ2v) is 7.53. The van der Waals surface area contributed by atoms with Gasteiger partial charge in [0, 0.05) is 43.7 Å². The molecule has 0 atom stereocenters. The number of benzene rings is 1. The SMILES string of the molecule is Cc1cccc(N2CCN(CC3(CBr)CCC3)CC2)c1C. The summed E-state index contributed by atoms with van der Waals surface area (Å²) in [5.41, 5.74) is 4.87. The summed E-state index contributed by atoms with van der Waals surface area (Å²) < 4.78 is 0. The van der Waals surface area contributed by atoms with Crippen molar-refractivity contribution in [1.82, 2.24) is 4.90 Å². The summed E-state index contributed by atoms with van der Waals surface area (Å²) in [4.78, 5) is 5.25. The fourth-order valence-electron chi connectivity index (χ4n) is 3.71. The first-order valence-electron chi connectivity index (χ1n) is 8.23. The molecule has 2 fully saturated rings. The topological polar surface area (TPSA) is 6.48 Å². The van der Waals surface area contributed by atoms with Crippen molar-refractivity contribution in [3.05, 3.63) is 29.3 Å². The largest absolute Gasteiger partial charge is 0.369 e. The highest BCUT2D eigenvalue weighted by Crippen LogP contribution is 2.43. The molecule has 0 unspecified atom stereocenters. The van der Waals surface area contributed by atoms with Gasteiger partial charge in [0.05, 0.1) is 0 Å². The van der Waals surface area contributed by atoms with Crippen molar-refractivity contribution >= 4 is 21.6 Å². The van der Waals surface area contributed by atoms with E-state index in [2.05, 4.69) is 57.8 Å². The molecule has 1 saturated heterocycles. The molecule has 0 radical (unpaired) electrons. The number of hydrogen-bond acceptors (Lipinski definition) is 2. The molecule has 0 spiro atoms. The van der Waals surface area contributed by atoms with E-state index in [1.165, 1.54) is 74.1 Å². The fourth-order valence-corrected chi connectivity index (χ4v) is 4.45. The van der Waals surface area contributed by atoms with E-state index in [1.54, 1.807) is 0 Å². The van der Waals surface area contributed by atoms with Gasteiger partial charge in [0.25, 0.3) is 0 Å². The summed E-state index contributed by atoms with van der Waals surface area (Å²) in [6.07, 6.45) is 4.25. The Bertz CT molecular complexity index is 482. The lowest BCUT2D eigenvalue weighted by atomic mass is 9.70. The maximum absolute atomic E-state index is 3.74. The van der Waals surface area contributed by atoms with Gasteiger partial charge in [0.15, 0.2) is 0 Å². The third-order valence-corrected chi connectivity index (χ3v) is 6.74. The van der Waals surface area contributed by atoms with Gasteiger partial charge in [-0.25, -0.2) is 0 Å². The maximum Gasteiger partial charge on any atom is 0.0399 e. The summed E-state index contributed by atoms with van der Waals surface area (Å²) in [7, 11) is 0. The zero-order valence-corrected chi connectivity index (χ0v) is 15.0. The molecule has 1 aromatic rings. The van der Waals surface area contributed by atoms with Gasteiger partial charge in [-0.2, -0.15) is 0 Å². The summed E-state index contributed by atoms with van der Waals surface area (Å²) in [5, 5.41) is 1.18. The van der Waals surface area contributed by atoms with E-state index in [-0.39, 0.29) is 0 Å². The van der Waals surface area contributed by atoms with E-state index in [1.807, 2.05) is 0 Å². The average Bonchev–Trinajstić information content (AvgIpc) is 2.47. The Hall–Kier alpha value is -0.540. The molecule has 0 aromatic heterocycles. The van der Waals surface area contributed by atoms with Crippen molar-refractivity contribution in [1.29, 1.82) is 0 Å². The minimum absolute atomic E-state index is 0.585. The molecule has 116 valence electrons.